The molecule has 0 fully saturated rings. The normalized spacial score (nSPS) is 13.8. The highest BCUT2D eigenvalue weighted by atomic mass is 16.6. The summed E-state index contributed by atoms with van der Waals surface area (Å²) in [6.45, 7) is 16.0. The van der Waals surface area contributed by atoms with Crippen LogP contribution in [0.5, 0.6) is 5.75 Å². The number of rotatable bonds is 12. The van der Waals surface area contributed by atoms with Gasteiger partial charge in [0, 0.05) is 18.5 Å². The van der Waals surface area contributed by atoms with E-state index in [0.717, 1.165) is 5.56 Å². The Balaban J connectivity index is 2.54. The monoisotopic (exact) mass is 611 g/mol. The summed E-state index contributed by atoms with van der Waals surface area (Å²) in [4.78, 5) is 55.7. The lowest BCUT2D eigenvalue weighted by Gasteiger charge is -2.35. The van der Waals surface area contributed by atoms with Gasteiger partial charge in [-0.25, -0.2) is 9.59 Å². The first-order valence-electron chi connectivity index (χ1n) is 15.1. The van der Waals surface area contributed by atoms with Crippen LogP contribution < -0.4 is 10.6 Å². The van der Waals surface area contributed by atoms with E-state index in [9.17, 15) is 24.3 Å². The van der Waals surface area contributed by atoms with Crippen molar-refractivity contribution in [3.05, 3.63) is 65.7 Å². The summed E-state index contributed by atoms with van der Waals surface area (Å²) < 4.78 is 11.0. The van der Waals surface area contributed by atoms with Crippen LogP contribution in [0.15, 0.2) is 54.6 Å². The Morgan fingerprint density at radius 1 is 0.818 bits per heavy atom. The highest BCUT2D eigenvalue weighted by Gasteiger charge is 2.39. The molecule has 10 heteroatoms. The van der Waals surface area contributed by atoms with Crippen molar-refractivity contribution in [3.63, 3.8) is 0 Å². The second-order valence-corrected chi connectivity index (χ2v) is 13.2. The first-order valence-corrected chi connectivity index (χ1v) is 15.1. The largest absolute Gasteiger partial charge is 0.508 e. The molecule has 242 valence electrons. The molecule has 10 nitrogen and oxygen atoms in total. The number of phenolic OH excluding ortho intramolecular Hbond substituents is 1. The van der Waals surface area contributed by atoms with Gasteiger partial charge in [0.25, 0.3) is 0 Å². The number of para-hydroxylation sites is 1. The minimum Gasteiger partial charge on any atom is -0.508 e. The third kappa shape index (κ3) is 11.5. The number of esters is 1. The topological polar surface area (TPSA) is 134 Å². The summed E-state index contributed by atoms with van der Waals surface area (Å²) in [6, 6.07) is 12.0. The molecule has 0 bridgehead atoms. The van der Waals surface area contributed by atoms with Crippen molar-refractivity contribution in [1.29, 1.82) is 0 Å². The zero-order valence-corrected chi connectivity index (χ0v) is 27.5. The molecule has 0 aliphatic carbocycles. The number of phenols is 1. The standard InChI is InChI=1S/C34H49N3O7/c1-10-37(30(40)25(20-22(2)3)36-32(42)44-34(7,8)9)28(24-18-14-15-19-27(24)38)29(39)35-26(31(41)43-33(4,5)6)21-23-16-12-11-13-17-23/h11-19,22,25-26,28,38H,10,20-21H2,1-9H3,(H,35,39)(H,36,42). The first kappa shape index (κ1) is 36.1. The van der Waals surface area contributed by atoms with E-state index in [1.165, 1.54) is 11.0 Å². The fourth-order valence-corrected chi connectivity index (χ4v) is 4.64. The van der Waals surface area contributed by atoms with Gasteiger partial charge in [-0.3, -0.25) is 9.59 Å². The van der Waals surface area contributed by atoms with Crippen LogP contribution in [0.4, 0.5) is 4.79 Å². The third-order valence-electron chi connectivity index (χ3n) is 6.40. The van der Waals surface area contributed by atoms with Gasteiger partial charge in [-0.1, -0.05) is 62.4 Å². The van der Waals surface area contributed by atoms with Gasteiger partial charge in [-0.15, -0.1) is 0 Å². The Hall–Kier alpha value is -4.08. The summed E-state index contributed by atoms with van der Waals surface area (Å²) in [5.74, 6) is -2.04. The van der Waals surface area contributed by atoms with Crippen LogP contribution in [-0.4, -0.2) is 63.7 Å². The van der Waals surface area contributed by atoms with Gasteiger partial charge in [-0.05, 0) is 72.4 Å². The van der Waals surface area contributed by atoms with Crippen LogP contribution in [0.1, 0.15) is 85.9 Å². The third-order valence-corrected chi connectivity index (χ3v) is 6.40. The molecule has 2 rings (SSSR count). The van der Waals surface area contributed by atoms with Crippen molar-refractivity contribution in [2.75, 3.05) is 6.54 Å². The van der Waals surface area contributed by atoms with Gasteiger partial charge in [0.05, 0.1) is 0 Å². The second kappa shape index (κ2) is 15.6. The summed E-state index contributed by atoms with van der Waals surface area (Å²) >= 11 is 0. The lowest BCUT2D eigenvalue weighted by atomic mass is 9.98. The predicted molar refractivity (Wildman–Crippen MR) is 169 cm³/mol. The number of aromatic hydroxyl groups is 1. The van der Waals surface area contributed by atoms with Gasteiger partial charge in [-0.2, -0.15) is 0 Å². The predicted octanol–water partition coefficient (Wildman–Crippen LogP) is 5.29. The molecule has 3 atom stereocenters. The number of hydrogen-bond donors (Lipinski definition) is 3. The van der Waals surface area contributed by atoms with Crippen LogP contribution in [0, 0.1) is 5.92 Å². The van der Waals surface area contributed by atoms with Crippen molar-refractivity contribution < 1.29 is 33.8 Å². The number of alkyl carbamates (subject to hydrolysis) is 1. The van der Waals surface area contributed by atoms with Crippen molar-refractivity contribution in [2.24, 2.45) is 5.92 Å². The fraction of sp³-hybridized carbons (Fsp3) is 0.529. The molecule has 0 aliphatic rings. The van der Waals surface area contributed by atoms with E-state index in [0.29, 0.717) is 0 Å². The summed E-state index contributed by atoms with van der Waals surface area (Å²) in [5, 5.41) is 16.3. The summed E-state index contributed by atoms with van der Waals surface area (Å²) in [5.41, 5.74) is -0.627. The minimum atomic E-state index is -1.33. The number of nitrogens with one attached hydrogen (secondary N) is 2. The van der Waals surface area contributed by atoms with E-state index >= 15 is 0 Å². The Morgan fingerprint density at radius 3 is 1.91 bits per heavy atom. The lowest BCUT2D eigenvalue weighted by Crippen LogP contribution is -2.55. The average molecular weight is 612 g/mol. The Bertz CT molecular complexity index is 1270. The molecule has 3 N–H and O–H groups in total. The number of amides is 3. The van der Waals surface area contributed by atoms with Crippen LogP contribution in [0.25, 0.3) is 0 Å². The number of benzene rings is 2. The van der Waals surface area contributed by atoms with Crippen molar-refractivity contribution in [3.8, 4) is 5.75 Å². The maximum Gasteiger partial charge on any atom is 0.408 e. The number of ether oxygens (including phenoxy) is 2. The Labute approximate surface area is 261 Å². The molecule has 2 aromatic rings. The number of nitrogens with zero attached hydrogens (tertiary/aromatic N) is 1. The Kier molecular flexibility index (Phi) is 12.8. The zero-order valence-electron chi connectivity index (χ0n) is 27.5. The number of hydrogen-bond acceptors (Lipinski definition) is 7. The molecule has 0 saturated carbocycles. The molecule has 44 heavy (non-hydrogen) atoms. The molecule has 2 aromatic carbocycles. The van der Waals surface area contributed by atoms with E-state index in [-0.39, 0.29) is 36.6 Å². The van der Waals surface area contributed by atoms with E-state index in [1.807, 2.05) is 44.2 Å². The van der Waals surface area contributed by atoms with Gasteiger partial charge in [0.2, 0.25) is 11.8 Å². The zero-order chi connectivity index (χ0) is 33.2. The molecule has 0 aromatic heterocycles. The number of likely N-dealkylation sites (N-methyl/N-ethyl adjacent to an activating group) is 1. The van der Waals surface area contributed by atoms with E-state index < -0.39 is 53.2 Å². The maximum atomic E-state index is 14.2. The molecular weight excluding hydrogens is 562 g/mol. The lowest BCUT2D eigenvalue weighted by molar-refractivity contribution is -0.159. The minimum absolute atomic E-state index is 0.0115. The molecule has 3 unspecified atom stereocenters. The van der Waals surface area contributed by atoms with Crippen LogP contribution in [-0.2, 0) is 30.3 Å². The molecule has 0 aliphatic heterocycles. The number of carbonyl (C=O) groups excluding carboxylic acids is 4. The number of carbonyl (C=O) groups is 4. The highest BCUT2D eigenvalue weighted by Crippen LogP contribution is 2.30. The first-order chi connectivity index (χ1) is 20.4. The van der Waals surface area contributed by atoms with Crippen molar-refractivity contribution in [1.82, 2.24) is 15.5 Å². The van der Waals surface area contributed by atoms with E-state index in [1.54, 1.807) is 66.7 Å². The van der Waals surface area contributed by atoms with Crippen molar-refractivity contribution >= 4 is 23.9 Å². The highest BCUT2D eigenvalue weighted by molar-refractivity contribution is 5.94. The average Bonchev–Trinajstić information content (AvgIpc) is 2.89. The molecular formula is C34H49N3O7. The SMILES string of the molecule is CCN(C(=O)C(CC(C)C)NC(=O)OC(C)(C)C)C(C(=O)NC(Cc1ccccc1)C(=O)OC(C)(C)C)c1ccccc1O. The quantitative estimate of drug-likeness (QED) is 0.278. The van der Waals surface area contributed by atoms with E-state index in [4.69, 9.17) is 9.47 Å². The van der Waals surface area contributed by atoms with Crippen LogP contribution in [0.2, 0.25) is 0 Å². The Morgan fingerprint density at radius 2 is 1.39 bits per heavy atom. The second-order valence-electron chi connectivity index (χ2n) is 13.2. The molecule has 0 saturated heterocycles. The molecule has 3 amide bonds. The molecule has 0 radical (unpaired) electrons. The fourth-order valence-electron chi connectivity index (χ4n) is 4.64. The van der Waals surface area contributed by atoms with Crippen molar-refractivity contribution in [2.45, 2.75) is 104 Å². The summed E-state index contributed by atoms with van der Waals surface area (Å²) in [6.07, 6.45) is -0.340. The smallest absolute Gasteiger partial charge is 0.408 e. The van der Waals surface area contributed by atoms with Gasteiger partial charge >= 0.3 is 12.1 Å². The van der Waals surface area contributed by atoms with Gasteiger partial charge < -0.3 is 30.1 Å². The maximum absolute atomic E-state index is 14.2. The summed E-state index contributed by atoms with van der Waals surface area (Å²) in [7, 11) is 0. The molecule has 0 spiro atoms. The molecule has 0 heterocycles. The van der Waals surface area contributed by atoms with Crippen LogP contribution >= 0.6 is 0 Å². The van der Waals surface area contributed by atoms with Gasteiger partial charge in [0.1, 0.15) is 35.1 Å². The van der Waals surface area contributed by atoms with Gasteiger partial charge in [0.15, 0.2) is 0 Å². The van der Waals surface area contributed by atoms with E-state index in [2.05, 4.69) is 10.6 Å². The van der Waals surface area contributed by atoms with Crippen LogP contribution in [0.3, 0.4) is 0 Å².